The number of benzene rings is 1. The van der Waals surface area contributed by atoms with Crippen LogP contribution in [0.4, 0.5) is 10.1 Å². The number of carbonyl (C=O) groups excluding carboxylic acids is 1. The summed E-state index contributed by atoms with van der Waals surface area (Å²) in [4.78, 5) is 11.8. The molecular formula is C12H14FN5O. The Hall–Kier alpha value is -2.44. The number of anilines is 1. The molecule has 6 nitrogen and oxygen atoms in total. The number of hydrogen-bond acceptors (Lipinski definition) is 4. The second-order valence-electron chi connectivity index (χ2n) is 4.10. The molecule has 0 saturated heterocycles. The maximum absolute atomic E-state index is 13.4. The number of carbonyl (C=O) groups is 1. The molecule has 0 atom stereocenters. The van der Waals surface area contributed by atoms with Gasteiger partial charge < -0.3 is 15.6 Å². The van der Waals surface area contributed by atoms with Gasteiger partial charge in [-0.1, -0.05) is 0 Å². The molecule has 1 amide bonds. The fraction of sp³-hybridized carbons (Fsp3) is 0.250. The molecule has 0 aliphatic rings. The van der Waals surface area contributed by atoms with Crippen LogP contribution in [-0.4, -0.2) is 27.2 Å². The average Bonchev–Trinajstić information content (AvgIpc) is 2.78. The van der Waals surface area contributed by atoms with Gasteiger partial charge in [0.2, 0.25) is 0 Å². The lowest BCUT2D eigenvalue weighted by Crippen LogP contribution is -2.27. The Kier molecular flexibility index (Phi) is 3.74. The van der Waals surface area contributed by atoms with Crippen LogP contribution in [0.5, 0.6) is 0 Å². The molecule has 1 heterocycles. The summed E-state index contributed by atoms with van der Waals surface area (Å²) in [6.45, 7) is 0.347. The first-order chi connectivity index (χ1) is 9.08. The second-order valence-corrected chi connectivity index (χ2v) is 4.10. The number of halogens is 1. The number of hydrogen-bond donors (Lipinski definition) is 2. The Balaban J connectivity index is 1.94. The molecule has 100 valence electrons. The van der Waals surface area contributed by atoms with Gasteiger partial charge in [-0.05, 0) is 18.2 Å². The van der Waals surface area contributed by atoms with Crippen LogP contribution >= 0.6 is 0 Å². The van der Waals surface area contributed by atoms with Crippen LogP contribution in [0.2, 0.25) is 0 Å². The smallest absolute Gasteiger partial charge is 0.254 e. The van der Waals surface area contributed by atoms with E-state index in [1.54, 1.807) is 10.9 Å². The summed E-state index contributed by atoms with van der Waals surface area (Å²) in [5, 5.41) is 10.2. The van der Waals surface area contributed by atoms with Crippen molar-refractivity contribution >= 4 is 11.6 Å². The van der Waals surface area contributed by atoms with E-state index >= 15 is 0 Å². The number of amides is 1. The molecule has 0 spiro atoms. The molecule has 19 heavy (non-hydrogen) atoms. The predicted octanol–water partition coefficient (Wildman–Crippen LogP) is 0.509. The second kappa shape index (κ2) is 5.47. The molecule has 0 fully saturated rings. The highest BCUT2D eigenvalue weighted by Crippen LogP contribution is 2.11. The van der Waals surface area contributed by atoms with Gasteiger partial charge in [0.05, 0.1) is 5.56 Å². The van der Waals surface area contributed by atoms with Crippen LogP contribution in [0.25, 0.3) is 0 Å². The van der Waals surface area contributed by atoms with Crippen LogP contribution in [0, 0.1) is 5.82 Å². The zero-order valence-electron chi connectivity index (χ0n) is 10.4. The lowest BCUT2D eigenvalue weighted by molar-refractivity contribution is 0.0950. The topological polar surface area (TPSA) is 85.8 Å². The molecule has 0 aliphatic carbocycles. The number of nitrogens with one attached hydrogen (secondary N) is 1. The summed E-state index contributed by atoms with van der Waals surface area (Å²) >= 11 is 0. The van der Waals surface area contributed by atoms with E-state index in [2.05, 4.69) is 15.5 Å². The summed E-state index contributed by atoms with van der Waals surface area (Å²) in [7, 11) is 1.81. The van der Waals surface area contributed by atoms with E-state index in [1.165, 1.54) is 18.2 Å². The van der Waals surface area contributed by atoms with Crippen molar-refractivity contribution in [3.63, 3.8) is 0 Å². The van der Waals surface area contributed by atoms with E-state index in [-0.39, 0.29) is 5.56 Å². The molecule has 0 bridgehead atoms. The van der Waals surface area contributed by atoms with Gasteiger partial charge in [0.1, 0.15) is 18.0 Å². The molecule has 0 radical (unpaired) electrons. The minimum atomic E-state index is -0.592. The van der Waals surface area contributed by atoms with Crippen LogP contribution in [0.15, 0.2) is 24.5 Å². The van der Waals surface area contributed by atoms with Gasteiger partial charge in [-0.2, -0.15) is 0 Å². The first kappa shape index (κ1) is 13.0. The van der Waals surface area contributed by atoms with Gasteiger partial charge in [0.25, 0.3) is 5.91 Å². The number of aryl methyl sites for hydroxylation is 1. The Morgan fingerprint density at radius 3 is 3.00 bits per heavy atom. The van der Waals surface area contributed by atoms with Crippen molar-refractivity contribution in [1.82, 2.24) is 20.1 Å². The number of nitrogens with zero attached hydrogens (tertiary/aromatic N) is 3. The first-order valence-corrected chi connectivity index (χ1v) is 5.74. The third kappa shape index (κ3) is 3.06. The minimum Gasteiger partial charge on any atom is -0.399 e. The summed E-state index contributed by atoms with van der Waals surface area (Å²) in [6, 6.07) is 3.89. The van der Waals surface area contributed by atoms with E-state index in [9.17, 15) is 9.18 Å². The van der Waals surface area contributed by atoms with E-state index in [4.69, 9.17) is 5.73 Å². The zero-order chi connectivity index (χ0) is 13.8. The monoisotopic (exact) mass is 263 g/mol. The van der Waals surface area contributed by atoms with Crippen molar-refractivity contribution in [3.8, 4) is 0 Å². The number of nitrogens with two attached hydrogens (primary N) is 1. The molecule has 0 aliphatic heterocycles. The van der Waals surface area contributed by atoms with E-state index in [0.717, 1.165) is 5.82 Å². The molecule has 7 heteroatoms. The molecule has 0 saturated carbocycles. The van der Waals surface area contributed by atoms with E-state index < -0.39 is 11.7 Å². The summed E-state index contributed by atoms with van der Waals surface area (Å²) in [5.74, 6) is -0.342. The van der Waals surface area contributed by atoms with Crippen molar-refractivity contribution in [3.05, 3.63) is 41.7 Å². The Bertz CT molecular complexity index is 596. The quantitative estimate of drug-likeness (QED) is 0.787. The molecule has 1 aromatic carbocycles. The van der Waals surface area contributed by atoms with Gasteiger partial charge in [-0.15, -0.1) is 10.2 Å². The lowest BCUT2D eigenvalue weighted by atomic mass is 10.1. The SMILES string of the molecule is Cn1cnnc1CCNC(=O)c1cc(N)ccc1F. The fourth-order valence-electron chi connectivity index (χ4n) is 1.63. The van der Waals surface area contributed by atoms with Gasteiger partial charge >= 0.3 is 0 Å². The van der Waals surface area contributed by atoms with E-state index in [1.807, 2.05) is 7.05 Å². The molecule has 2 rings (SSSR count). The van der Waals surface area contributed by atoms with Crippen molar-refractivity contribution < 1.29 is 9.18 Å². The molecule has 3 N–H and O–H groups in total. The number of aromatic nitrogens is 3. The zero-order valence-corrected chi connectivity index (χ0v) is 10.4. The summed E-state index contributed by atoms with van der Waals surface area (Å²) < 4.78 is 15.2. The maximum Gasteiger partial charge on any atom is 0.254 e. The summed E-state index contributed by atoms with van der Waals surface area (Å²) in [6.07, 6.45) is 2.10. The van der Waals surface area contributed by atoms with Crippen molar-refractivity contribution in [1.29, 1.82) is 0 Å². The predicted molar refractivity (Wildman–Crippen MR) is 67.9 cm³/mol. The third-order valence-electron chi connectivity index (χ3n) is 2.67. The van der Waals surface area contributed by atoms with Gasteiger partial charge in [-0.25, -0.2) is 4.39 Å². The minimum absolute atomic E-state index is 0.0574. The highest BCUT2D eigenvalue weighted by atomic mass is 19.1. The van der Waals surface area contributed by atoms with Crippen LogP contribution < -0.4 is 11.1 Å². The lowest BCUT2D eigenvalue weighted by Gasteiger charge is -2.06. The van der Waals surface area contributed by atoms with Gasteiger partial charge in [0, 0.05) is 25.7 Å². The Labute approximate surface area is 109 Å². The van der Waals surface area contributed by atoms with Crippen LogP contribution in [0.1, 0.15) is 16.2 Å². The molecule has 2 aromatic rings. The third-order valence-corrected chi connectivity index (χ3v) is 2.67. The maximum atomic E-state index is 13.4. The largest absolute Gasteiger partial charge is 0.399 e. The van der Waals surface area contributed by atoms with Crippen LogP contribution in [0.3, 0.4) is 0 Å². The van der Waals surface area contributed by atoms with Crippen molar-refractivity contribution in [2.24, 2.45) is 7.05 Å². The van der Waals surface area contributed by atoms with Gasteiger partial charge in [-0.3, -0.25) is 4.79 Å². The van der Waals surface area contributed by atoms with E-state index in [0.29, 0.717) is 18.7 Å². The average molecular weight is 263 g/mol. The molecule has 1 aromatic heterocycles. The van der Waals surface area contributed by atoms with Crippen LogP contribution in [-0.2, 0) is 13.5 Å². The normalized spacial score (nSPS) is 10.4. The standard InChI is InChI=1S/C12H14FN5O/c1-18-7-16-17-11(18)4-5-15-12(19)9-6-8(14)2-3-10(9)13/h2-3,6-7H,4-5,14H2,1H3,(H,15,19). The Morgan fingerprint density at radius 1 is 1.53 bits per heavy atom. The number of nitrogen functional groups attached to an aromatic ring is 1. The molecule has 0 unspecified atom stereocenters. The van der Waals surface area contributed by atoms with Crippen molar-refractivity contribution in [2.75, 3.05) is 12.3 Å². The Morgan fingerprint density at radius 2 is 2.32 bits per heavy atom. The fourth-order valence-corrected chi connectivity index (χ4v) is 1.63. The van der Waals surface area contributed by atoms with Gasteiger partial charge in [0.15, 0.2) is 0 Å². The number of rotatable bonds is 4. The highest BCUT2D eigenvalue weighted by molar-refractivity contribution is 5.95. The van der Waals surface area contributed by atoms with Crippen molar-refractivity contribution in [2.45, 2.75) is 6.42 Å². The summed E-state index contributed by atoms with van der Waals surface area (Å²) in [5.41, 5.74) is 5.81. The highest BCUT2D eigenvalue weighted by Gasteiger charge is 2.11. The molecular weight excluding hydrogens is 249 g/mol. The first-order valence-electron chi connectivity index (χ1n) is 5.74.